The third kappa shape index (κ3) is 7.57. The van der Waals surface area contributed by atoms with E-state index < -0.39 is 0 Å². The van der Waals surface area contributed by atoms with Crippen molar-refractivity contribution in [2.45, 2.75) is 25.8 Å². The molecule has 0 spiro atoms. The van der Waals surface area contributed by atoms with E-state index in [0.717, 1.165) is 55.1 Å². The van der Waals surface area contributed by atoms with E-state index in [0.29, 0.717) is 6.54 Å². The van der Waals surface area contributed by atoms with Gasteiger partial charge >= 0.3 is 0 Å². The first-order chi connectivity index (χ1) is 12.2. The molecule has 1 fully saturated rings. The van der Waals surface area contributed by atoms with Gasteiger partial charge in [0.2, 0.25) is 0 Å². The summed E-state index contributed by atoms with van der Waals surface area (Å²) in [6.45, 7) is 3.27. The zero-order valence-electron chi connectivity index (χ0n) is 16.3. The van der Waals surface area contributed by atoms with Crippen molar-refractivity contribution in [3.8, 4) is 11.5 Å². The summed E-state index contributed by atoms with van der Waals surface area (Å²) in [5.41, 5.74) is 1.08. The second-order valence-electron chi connectivity index (χ2n) is 6.38. The van der Waals surface area contributed by atoms with Crippen LogP contribution < -0.4 is 14.8 Å². The number of guanidine groups is 1. The van der Waals surface area contributed by atoms with Gasteiger partial charge in [0.05, 0.1) is 14.2 Å². The molecule has 2 rings (SSSR count). The van der Waals surface area contributed by atoms with Gasteiger partial charge in [-0.2, -0.15) is 0 Å². The average molecular weight is 477 g/mol. The molecular weight excluding hydrogens is 445 g/mol. The first kappa shape index (κ1) is 22.8. The van der Waals surface area contributed by atoms with Crippen LogP contribution in [0.3, 0.4) is 0 Å². The number of halogens is 1. The van der Waals surface area contributed by atoms with Crippen molar-refractivity contribution in [1.82, 2.24) is 10.2 Å². The molecule has 1 aliphatic carbocycles. The third-order valence-electron chi connectivity index (χ3n) is 4.27. The molecule has 0 unspecified atom stereocenters. The quantitative estimate of drug-likeness (QED) is 0.243. The summed E-state index contributed by atoms with van der Waals surface area (Å²) >= 11 is 0. The van der Waals surface area contributed by atoms with Gasteiger partial charge in [-0.15, -0.1) is 24.0 Å². The summed E-state index contributed by atoms with van der Waals surface area (Å²) in [7, 11) is 7.14. The molecule has 1 N–H and O–H groups in total. The fourth-order valence-corrected chi connectivity index (χ4v) is 2.61. The number of benzene rings is 1. The Morgan fingerprint density at radius 1 is 1.27 bits per heavy atom. The molecule has 26 heavy (non-hydrogen) atoms. The van der Waals surface area contributed by atoms with Gasteiger partial charge in [0.15, 0.2) is 5.96 Å². The molecule has 1 aliphatic rings. The monoisotopic (exact) mass is 477 g/mol. The minimum Gasteiger partial charge on any atom is -0.497 e. The zero-order chi connectivity index (χ0) is 18.1. The maximum absolute atomic E-state index is 5.66. The molecule has 1 aromatic carbocycles. The van der Waals surface area contributed by atoms with Gasteiger partial charge in [0, 0.05) is 52.0 Å². The summed E-state index contributed by atoms with van der Waals surface area (Å²) in [5.74, 6) is 3.29. The van der Waals surface area contributed by atoms with Crippen molar-refractivity contribution >= 4 is 29.9 Å². The fraction of sp³-hybridized carbons (Fsp3) is 0.632. The Balaban J connectivity index is 0.00000338. The Morgan fingerprint density at radius 2 is 2.04 bits per heavy atom. The number of nitrogens with zero attached hydrogens (tertiary/aromatic N) is 2. The van der Waals surface area contributed by atoms with E-state index >= 15 is 0 Å². The number of hydrogen-bond acceptors (Lipinski definition) is 4. The number of nitrogens with one attached hydrogen (secondary N) is 1. The minimum absolute atomic E-state index is 0. The molecule has 0 atom stereocenters. The molecule has 0 aliphatic heterocycles. The van der Waals surface area contributed by atoms with E-state index in [1.54, 1.807) is 21.3 Å². The molecule has 0 radical (unpaired) electrons. The van der Waals surface area contributed by atoms with Crippen LogP contribution in [0, 0.1) is 5.92 Å². The topological polar surface area (TPSA) is 55.3 Å². The molecule has 6 nitrogen and oxygen atoms in total. The lowest BCUT2D eigenvalue weighted by molar-refractivity contribution is 0.122. The second-order valence-corrected chi connectivity index (χ2v) is 6.38. The molecule has 0 bridgehead atoms. The predicted molar refractivity (Wildman–Crippen MR) is 116 cm³/mol. The average Bonchev–Trinajstić information content (AvgIpc) is 3.45. The van der Waals surface area contributed by atoms with E-state index in [1.165, 1.54) is 12.8 Å². The smallest absolute Gasteiger partial charge is 0.193 e. The molecule has 1 saturated carbocycles. The van der Waals surface area contributed by atoms with Crippen LogP contribution in [0.15, 0.2) is 23.2 Å². The Kier molecular flexibility index (Phi) is 10.7. The number of rotatable bonds is 10. The molecule has 148 valence electrons. The SMILES string of the molecule is CN=C(NCCCOCC1CC1)N(C)Cc1ccc(OC)cc1OC.I. The van der Waals surface area contributed by atoms with E-state index in [9.17, 15) is 0 Å². The molecule has 0 amide bonds. The van der Waals surface area contributed by atoms with Gasteiger partial charge in [-0.25, -0.2) is 0 Å². The van der Waals surface area contributed by atoms with Gasteiger partial charge in [0.1, 0.15) is 11.5 Å². The summed E-state index contributed by atoms with van der Waals surface area (Å²) in [4.78, 5) is 6.43. The normalized spacial score (nSPS) is 13.8. The Morgan fingerprint density at radius 3 is 2.65 bits per heavy atom. The Labute approximate surface area is 174 Å². The Bertz CT molecular complexity index is 565. The number of ether oxygens (including phenoxy) is 3. The van der Waals surface area contributed by atoms with Crippen molar-refractivity contribution in [2.24, 2.45) is 10.9 Å². The highest BCUT2D eigenvalue weighted by Gasteiger charge is 2.20. The van der Waals surface area contributed by atoms with Crippen LogP contribution in [0.2, 0.25) is 0 Å². The highest BCUT2D eigenvalue weighted by Crippen LogP contribution is 2.28. The van der Waals surface area contributed by atoms with Crippen molar-refractivity contribution in [2.75, 3.05) is 48.1 Å². The lowest BCUT2D eigenvalue weighted by Gasteiger charge is -2.23. The highest BCUT2D eigenvalue weighted by molar-refractivity contribution is 14.0. The standard InChI is InChI=1S/C19H31N3O3.HI/c1-20-19(21-10-5-11-25-14-15-6-7-15)22(2)13-16-8-9-17(23-3)12-18(16)24-4;/h8-9,12,15H,5-7,10-11,13-14H2,1-4H3,(H,20,21);1H. The largest absolute Gasteiger partial charge is 0.497 e. The number of aliphatic imine (C=N–C) groups is 1. The van der Waals surface area contributed by atoms with Gasteiger partial charge in [-0.1, -0.05) is 0 Å². The number of methoxy groups -OCH3 is 2. The third-order valence-corrected chi connectivity index (χ3v) is 4.27. The maximum Gasteiger partial charge on any atom is 0.193 e. The zero-order valence-corrected chi connectivity index (χ0v) is 18.6. The minimum atomic E-state index is 0. The van der Waals surface area contributed by atoms with E-state index in [2.05, 4.69) is 15.2 Å². The predicted octanol–water partition coefficient (Wildman–Crippen LogP) is 3.15. The Hall–Kier alpha value is -1.22. The summed E-state index contributed by atoms with van der Waals surface area (Å²) in [5, 5.41) is 3.38. The van der Waals surface area contributed by atoms with Crippen LogP contribution in [0.1, 0.15) is 24.8 Å². The lowest BCUT2D eigenvalue weighted by Crippen LogP contribution is -2.39. The van der Waals surface area contributed by atoms with Crippen molar-refractivity contribution in [3.05, 3.63) is 23.8 Å². The summed E-state index contributed by atoms with van der Waals surface area (Å²) < 4.78 is 16.4. The van der Waals surface area contributed by atoms with Gasteiger partial charge in [-0.3, -0.25) is 4.99 Å². The van der Waals surface area contributed by atoms with E-state index in [4.69, 9.17) is 14.2 Å². The molecule has 0 heterocycles. The van der Waals surface area contributed by atoms with E-state index in [-0.39, 0.29) is 24.0 Å². The molecule has 1 aromatic rings. The molecule has 0 saturated heterocycles. The van der Waals surface area contributed by atoms with Crippen LogP contribution in [-0.4, -0.2) is 58.9 Å². The van der Waals surface area contributed by atoms with Crippen molar-refractivity contribution < 1.29 is 14.2 Å². The summed E-state index contributed by atoms with van der Waals surface area (Å²) in [6, 6.07) is 5.86. The van der Waals surface area contributed by atoms with Crippen LogP contribution in [-0.2, 0) is 11.3 Å². The molecule has 0 aromatic heterocycles. The number of hydrogen-bond donors (Lipinski definition) is 1. The summed E-state index contributed by atoms with van der Waals surface area (Å²) in [6.07, 6.45) is 3.65. The maximum atomic E-state index is 5.66. The lowest BCUT2D eigenvalue weighted by atomic mass is 10.2. The molecule has 7 heteroatoms. The first-order valence-corrected chi connectivity index (χ1v) is 8.88. The van der Waals surface area contributed by atoms with Crippen LogP contribution in [0.5, 0.6) is 11.5 Å². The highest BCUT2D eigenvalue weighted by atomic mass is 127. The second kappa shape index (κ2) is 12.2. The van der Waals surface area contributed by atoms with Gasteiger partial charge < -0.3 is 24.4 Å². The van der Waals surface area contributed by atoms with Crippen LogP contribution in [0.25, 0.3) is 0 Å². The van der Waals surface area contributed by atoms with Crippen molar-refractivity contribution in [3.63, 3.8) is 0 Å². The van der Waals surface area contributed by atoms with Crippen LogP contribution in [0.4, 0.5) is 0 Å². The first-order valence-electron chi connectivity index (χ1n) is 8.88. The fourth-order valence-electron chi connectivity index (χ4n) is 2.61. The molecular formula is C19H32IN3O3. The van der Waals surface area contributed by atoms with Crippen molar-refractivity contribution in [1.29, 1.82) is 0 Å². The van der Waals surface area contributed by atoms with Crippen LogP contribution >= 0.6 is 24.0 Å². The van der Waals surface area contributed by atoms with Gasteiger partial charge in [-0.05, 0) is 37.3 Å². The van der Waals surface area contributed by atoms with E-state index in [1.807, 2.05) is 25.2 Å². The van der Waals surface area contributed by atoms with Gasteiger partial charge in [0.25, 0.3) is 0 Å².